The van der Waals surface area contributed by atoms with Gasteiger partial charge in [-0.2, -0.15) is 0 Å². The van der Waals surface area contributed by atoms with Crippen molar-refractivity contribution in [2.45, 2.75) is 6.92 Å². The number of hydrogen-bond donors (Lipinski definition) is 1. The first kappa shape index (κ1) is 11.7. The molecular weight excluding hydrogens is 219 g/mol. The maximum atomic E-state index is 12.4. The number of rotatable bonds is 3. The third kappa shape index (κ3) is 2.18. The van der Waals surface area contributed by atoms with Gasteiger partial charge in [0.15, 0.2) is 0 Å². The molecule has 4 heteroatoms. The van der Waals surface area contributed by atoms with Gasteiger partial charge in [0.1, 0.15) is 6.67 Å². The molecule has 1 rings (SSSR count). The predicted octanol–water partition coefficient (Wildman–Crippen LogP) is 3.33. The van der Waals surface area contributed by atoms with Crippen LogP contribution in [0.15, 0.2) is 18.7 Å². The van der Waals surface area contributed by atoms with Gasteiger partial charge in [0, 0.05) is 0 Å². The summed E-state index contributed by atoms with van der Waals surface area (Å²) in [6, 6.07) is 3.16. The van der Waals surface area contributed by atoms with Crippen LogP contribution in [0.1, 0.15) is 21.5 Å². The number of aromatic carboxylic acids is 1. The number of carboxylic acids is 1. The van der Waals surface area contributed by atoms with Crippen molar-refractivity contribution < 1.29 is 14.3 Å². The largest absolute Gasteiger partial charge is 0.478 e. The van der Waals surface area contributed by atoms with Crippen LogP contribution >= 0.6 is 11.6 Å². The Hall–Kier alpha value is -1.35. The summed E-state index contributed by atoms with van der Waals surface area (Å²) in [5.41, 5.74) is 0.929. The number of benzene rings is 1. The Morgan fingerprint density at radius 3 is 2.67 bits per heavy atom. The van der Waals surface area contributed by atoms with Crippen LogP contribution in [0.25, 0.3) is 5.57 Å². The van der Waals surface area contributed by atoms with Crippen LogP contribution in [0.3, 0.4) is 0 Å². The Morgan fingerprint density at radius 2 is 2.20 bits per heavy atom. The minimum absolute atomic E-state index is 0.0840. The van der Waals surface area contributed by atoms with Crippen LogP contribution in [-0.2, 0) is 0 Å². The molecule has 80 valence electrons. The van der Waals surface area contributed by atoms with E-state index in [-0.39, 0.29) is 21.7 Å². The molecule has 0 saturated carbocycles. The van der Waals surface area contributed by atoms with E-state index in [1.165, 1.54) is 6.07 Å². The molecule has 0 bridgehead atoms. The molecule has 0 heterocycles. The lowest BCUT2D eigenvalue weighted by Gasteiger charge is -2.10. The van der Waals surface area contributed by atoms with Crippen LogP contribution in [-0.4, -0.2) is 17.8 Å². The second kappa shape index (κ2) is 4.45. The highest BCUT2D eigenvalue weighted by atomic mass is 35.5. The van der Waals surface area contributed by atoms with E-state index in [2.05, 4.69) is 6.58 Å². The van der Waals surface area contributed by atoms with Gasteiger partial charge in [-0.05, 0) is 23.6 Å². The Balaban J connectivity index is 3.46. The van der Waals surface area contributed by atoms with Crippen molar-refractivity contribution in [3.8, 4) is 0 Å². The smallest absolute Gasteiger partial charge is 0.337 e. The van der Waals surface area contributed by atoms with E-state index in [1.54, 1.807) is 13.0 Å². The molecule has 0 saturated heterocycles. The summed E-state index contributed by atoms with van der Waals surface area (Å²) in [7, 11) is 0. The van der Waals surface area contributed by atoms with Gasteiger partial charge in [-0.3, -0.25) is 0 Å². The Bertz CT molecular complexity index is 427. The summed E-state index contributed by atoms with van der Waals surface area (Å²) in [6.07, 6.45) is 0. The summed E-state index contributed by atoms with van der Waals surface area (Å²) in [5.74, 6) is -1.17. The predicted molar refractivity (Wildman–Crippen MR) is 58.2 cm³/mol. The molecule has 0 fully saturated rings. The topological polar surface area (TPSA) is 37.3 Å². The quantitative estimate of drug-likeness (QED) is 0.862. The van der Waals surface area contributed by atoms with E-state index in [9.17, 15) is 9.18 Å². The molecule has 0 spiro atoms. The highest BCUT2D eigenvalue weighted by molar-refractivity contribution is 6.34. The van der Waals surface area contributed by atoms with Crippen LogP contribution in [0.2, 0.25) is 5.02 Å². The summed E-state index contributed by atoms with van der Waals surface area (Å²) in [5, 5.41) is 9.10. The third-order valence-corrected chi connectivity index (χ3v) is 2.58. The fourth-order valence-corrected chi connectivity index (χ4v) is 1.50. The van der Waals surface area contributed by atoms with Gasteiger partial charge in [-0.1, -0.05) is 30.3 Å². The number of carbonyl (C=O) groups is 1. The monoisotopic (exact) mass is 228 g/mol. The van der Waals surface area contributed by atoms with Gasteiger partial charge in [-0.15, -0.1) is 0 Å². The van der Waals surface area contributed by atoms with E-state index < -0.39 is 12.6 Å². The van der Waals surface area contributed by atoms with Crippen LogP contribution in [0, 0.1) is 6.92 Å². The van der Waals surface area contributed by atoms with Gasteiger partial charge < -0.3 is 5.11 Å². The minimum Gasteiger partial charge on any atom is -0.478 e. The zero-order chi connectivity index (χ0) is 11.6. The molecule has 1 aromatic rings. The second-order valence-corrected chi connectivity index (χ2v) is 3.54. The van der Waals surface area contributed by atoms with Crippen LogP contribution in [0.5, 0.6) is 0 Å². The highest BCUT2D eigenvalue weighted by Gasteiger charge is 2.17. The number of hydrogen-bond acceptors (Lipinski definition) is 1. The molecule has 0 aliphatic heterocycles. The van der Waals surface area contributed by atoms with Gasteiger partial charge in [0.25, 0.3) is 0 Å². The number of aryl methyl sites for hydroxylation is 1. The van der Waals surface area contributed by atoms with Crippen molar-refractivity contribution in [1.82, 2.24) is 0 Å². The van der Waals surface area contributed by atoms with E-state index in [4.69, 9.17) is 16.7 Å². The molecule has 1 N–H and O–H groups in total. The lowest BCUT2D eigenvalue weighted by Crippen LogP contribution is -2.04. The maximum absolute atomic E-state index is 12.4. The minimum atomic E-state index is -1.17. The zero-order valence-electron chi connectivity index (χ0n) is 8.18. The molecule has 0 aliphatic rings. The number of alkyl halides is 1. The van der Waals surface area contributed by atoms with Gasteiger partial charge in [-0.25, -0.2) is 9.18 Å². The van der Waals surface area contributed by atoms with E-state index >= 15 is 0 Å². The molecule has 0 aliphatic carbocycles. The van der Waals surface area contributed by atoms with Crippen molar-refractivity contribution in [3.05, 3.63) is 40.4 Å². The Kier molecular flexibility index (Phi) is 3.48. The van der Waals surface area contributed by atoms with E-state index in [0.29, 0.717) is 5.56 Å². The first-order valence-electron chi connectivity index (χ1n) is 4.25. The summed E-state index contributed by atoms with van der Waals surface area (Å²) >= 11 is 5.85. The Labute approximate surface area is 92.0 Å². The van der Waals surface area contributed by atoms with Crippen molar-refractivity contribution in [2.75, 3.05) is 6.67 Å². The number of allylic oxidation sites excluding steroid dienone is 1. The average Bonchev–Trinajstić information content (AvgIpc) is 2.20. The summed E-state index contributed by atoms with van der Waals surface area (Å²) in [4.78, 5) is 11.0. The maximum Gasteiger partial charge on any atom is 0.337 e. The van der Waals surface area contributed by atoms with Crippen LogP contribution in [0.4, 0.5) is 4.39 Å². The molecule has 0 radical (unpaired) electrons. The molecule has 0 atom stereocenters. The first-order valence-corrected chi connectivity index (χ1v) is 4.63. The molecule has 2 nitrogen and oxygen atoms in total. The molecule has 0 unspecified atom stereocenters. The molecular formula is C11H10ClFO2. The van der Waals surface area contributed by atoms with Crippen molar-refractivity contribution in [2.24, 2.45) is 0 Å². The zero-order valence-corrected chi connectivity index (χ0v) is 8.94. The van der Waals surface area contributed by atoms with E-state index in [0.717, 1.165) is 0 Å². The lowest BCUT2D eigenvalue weighted by atomic mass is 9.99. The normalized spacial score (nSPS) is 10.1. The van der Waals surface area contributed by atoms with Crippen molar-refractivity contribution in [3.63, 3.8) is 0 Å². The average molecular weight is 229 g/mol. The fraction of sp³-hybridized carbons (Fsp3) is 0.182. The molecule has 1 aromatic carbocycles. The van der Waals surface area contributed by atoms with Crippen molar-refractivity contribution in [1.29, 1.82) is 0 Å². The summed E-state index contributed by atoms with van der Waals surface area (Å²) in [6.45, 7) is 4.36. The van der Waals surface area contributed by atoms with Crippen LogP contribution < -0.4 is 0 Å². The standard InChI is InChI=1S/C11H10ClFO2/c1-6-3-4-8(7(2)5-13)9(10(6)12)11(14)15/h3-4H,2,5H2,1H3,(H,14,15). The number of halogens is 2. The molecule has 0 amide bonds. The highest BCUT2D eigenvalue weighted by Crippen LogP contribution is 2.28. The van der Waals surface area contributed by atoms with Gasteiger partial charge >= 0.3 is 5.97 Å². The third-order valence-electron chi connectivity index (χ3n) is 2.09. The fourth-order valence-electron chi connectivity index (χ4n) is 1.26. The Morgan fingerprint density at radius 1 is 1.60 bits per heavy atom. The van der Waals surface area contributed by atoms with Crippen molar-refractivity contribution >= 4 is 23.1 Å². The lowest BCUT2D eigenvalue weighted by molar-refractivity contribution is 0.0696. The van der Waals surface area contributed by atoms with E-state index in [1.807, 2.05) is 0 Å². The second-order valence-electron chi connectivity index (χ2n) is 3.16. The van der Waals surface area contributed by atoms with Gasteiger partial charge in [0.2, 0.25) is 0 Å². The first-order chi connectivity index (χ1) is 6.99. The summed E-state index contributed by atoms with van der Waals surface area (Å²) < 4.78 is 12.4. The van der Waals surface area contributed by atoms with Gasteiger partial charge in [0.05, 0.1) is 10.6 Å². The molecule has 0 aromatic heterocycles. The SMILES string of the molecule is C=C(CF)c1ccc(C)c(Cl)c1C(=O)O. The number of carboxylic acid groups (broad SMARTS) is 1. The molecule has 15 heavy (non-hydrogen) atoms.